The van der Waals surface area contributed by atoms with Gasteiger partial charge in [0.1, 0.15) is 159 Å². The van der Waals surface area contributed by atoms with Gasteiger partial charge in [0.15, 0.2) is 50.1 Å². The van der Waals surface area contributed by atoms with Gasteiger partial charge in [-0.2, -0.15) is 0 Å². The number of aliphatic hydroxyl groups excluding tert-OH is 19. The number of carbonyl (C=O) groups is 3. The standard InChI is InChI=1S/C93H146O41/c1-15-88(10,116)25-17-19-42(4)76(114)128-74-59(102)49(97)37-122-84(74)134-89(11,16-2)26-18-20-41(3)75(113)117-40-52-72(131-80-67(110)62(105)70(43(5)124-80)129-79-69(112)71(50(98)38-120-79)130-77-64(107)56(99)46(94)34-118-77)63(106)68(111)82(126-52)133-85(115)93-31-29-86(6,7)33-45(93)44-21-22-54-90(12)27-24-55(87(8,9)53(90)23-28-92(54,14)91(44,13)30-32-93)127-81-66(109)61(104)60(103)51(125-81)39-123-83-73(58(101)48(96)36-121-83)132-78-65(108)57(100)47(95)35-119-78/h15-16,19-21,43,45-74,77-84,94-112,116H,1-2,17-18,22-40H2,3-14H3/b41-20-,42-19+/t43-,45+,46-,47-,48+,49-,50-,51-,52+,53?,54?,55+,56+,57+,58+,59-,60-,61+,62-,63+,64-,65-,66-,67+,68+,69-,70-,71+,72+,73-,74+,77+,78+,79+,80+,81+,82-,83+,84-,88+,89+,90+,91-,92-,93+/m1/s1. The number of hydrogen-bond acceptors (Lipinski definition) is 41. The Hall–Kier alpha value is -4.29. The first-order valence-corrected chi connectivity index (χ1v) is 47.0. The maximum absolute atomic E-state index is 16.0. The van der Waals surface area contributed by atoms with Gasteiger partial charge in [0, 0.05) is 11.1 Å². The molecule has 41 heteroatoms. The van der Waals surface area contributed by atoms with E-state index in [4.69, 9.17) is 85.3 Å². The number of ether oxygens (including phenoxy) is 18. The summed E-state index contributed by atoms with van der Waals surface area (Å²) in [5, 5.41) is 221. The molecule has 13 aliphatic rings. The van der Waals surface area contributed by atoms with Gasteiger partial charge in [-0.05, 0) is 169 Å². The minimum atomic E-state index is -2.12. The van der Waals surface area contributed by atoms with Crippen LogP contribution < -0.4 is 0 Å². The van der Waals surface area contributed by atoms with Crippen LogP contribution >= 0.6 is 0 Å². The van der Waals surface area contributed by atoms with Gasteiger partial charge in [0.05, 0.1) is 68.5 Å². The lowest BCUT2D eigenvalue weighted by Gasteiger charge is -2.71. The van der Waals surface area contributed by atoms with Gasteiger partial charge in [0.25, 0.3) is 0 Å². The van der Waals surface area contributed by atoms with E-state index in [0.717, 1.165) is 18.4 Å². The number of aliphatic hydroxyl groups is 20. The molecule has 8 saturated heterocycles. The molecule has 0 aromatic carbocycles. The van der Waals surface area contributed by atoms with E-state index in [9.17, 15) is 112 Å². The number of carbonyl (C=O) groups excluding carboxylic acids is 3. The first-order valence-electron chi connectivity index (χ1n) is 47.0. The number of esters is 3. The number of rotatable bonds is 30. The van der Waals surface area contributed by atoms with Crippen LogP contribution in [-0.4, -0.2) is 399 Å². The Kier molecular flexibility index (Phi) is 33.8. The van der Waals surface area contributed by atoms with Crippen molar-refractivity contribution in [2.45, 2.75) is 405 Å². The minimum absolute atomic E-state index is 0.0187. The third-order valence-electron chi connectivity index (χ3n) is 32.1. The highest BCUT2D eigenvalue weighted by atomic mass is 16.8. The third kappa shape index (κ3) is 21.5. The summed E-state index contributed by atoms with van der Waals surface area (Å²) in [6.45, 7) is 27.0. The zero-order valence-corrected chi connectivity index (χ0v) is 78.2. The second kappa shape index (κ2) is 42.3. The molecule has 13 rings (SSSR count). The summed E-state index contributed by atoms with van der Waals surface area (Å²) in [5.41, 5.74) is -4.55. The highest BCUT2D eigenvalue weighted by Crippen LogP contribution is 2.76. The maximum Gasteiger partial charge on any atom is 0.333 e. The van der Waals surface area contributed by atoms with Crippen molar-refractivity contribution >= 4 is 17.9 Å². The molecule has 5 aliphatic carbocycles. The lowest BCUT2D eigenvalue weighted by molar-refractivity contribution is -0.375. The van der Waals surface area contributed by atoms with Gasteiger partial charge in [-0.3, -0.25) is 4.79 Å². The van der Waals surface area contributed by atoms with E-state index in [-0.39, 0.29) is 64.9 Å². The van der Waals surface area contributed by atoms with E-state index < -0.39 is 319 Å². The van der Waals surface area contributed by atoms with Gasteiger partial charge in [-0.15, -0.1) is 13.2 Å². The van der Waals surface area contributed by atoms with Crippen molar-refractivity contribution in [1.82, 2.24) is 0 Å². The van der Waals surface area contributed by atoms with Crippen LogP contribution in [0.4, 0.5) is 0 Å². The van der Waals surface area contributed by atoms with E-state index in [2.05, 4.69) is 67.7 Å². The molecule has 12 fully saturated rings. The van der Waals surface area contributed by atoms with Crippen molar-refractivity contribution in [2.75, 3.05) is 46.2 Å². The van der Waals surface area contributed by atoms with Gasteiger partial charge < -0.3 is 187 Å². The van der Waals surface area contributed by atoms with Crippen LogP contribution in [0.1, 0.15) is 173 Å². The zero-order valence-electron chi connectivity index (χ0n) is 78.2. The van der Waals surface area contributed by atoms with Gasteiger partial charge in [-0.1, -0.05) is 84.4 Å². The molecule has 134 heavy (non-hydrogen) atoms. The average molecular weight is 1920 g/mol. The third-order valence-corrected chi connectivity index (χ3v) is 32.1. The predicted octanol–water partition coefficient (Wildman–Crippen LogP) is -2.09. The van der Waals surface area contributed by atoms with Crippen molar-refractivity contribution in [2.24, 2.45) is 50.2 Å². The summed E-state index contributed by atoms with van der Waals surface area (Å²) < 4.78 is 108. The molecule has 0 spiro atoms. The topological polar surface area (TPSA) is 622 Å². The SMILES string of the molecule is C=C[C@](C)(O)CC/C=C(\C)C(=O)O[C@@H]1[C@@H](O[C@@](C)(C=C)CC/C=C(/C)C(=O)OC[C@@H]2O[C@H](OC(=O)[C@]34CCC(C)(C)C[C@H]3C3=CCC5[C@@]6(C)CC[C@H](O[C@@H]7O[C@H](CO[C@@H]8OC[C@H](O)[C@H](O)[C@H]8O[C@@H]8OC[C@@H](O)[C@H](O)[C@H]8O)[C@@H](O)[C@H](O)[C@H]7O)C(C)(C)C6CC[C@@]5(C)[C@]3(C)CC4)[C@@H](O)[C@H](O)[C@H]2O[C@@H]2O[C@H](C)[C@@H](O[C@@H]3OC[C@@H](O)[C@H](O[C@@H]4OC[C@@H](O)[C@H](O)[C@H]4O)[C@H]3O)[C@H](O)[C@@H]2O)OC[C@@H](O)[C@H]1O. The Bertz CT molecular complexity index is 4090. The highest BCUT2D eigenvalue weighted by molar-refractivity contribution is 5.88. The van der Waals surface area contributed by atoms with Crippen LogP contribution in [0, 0.1) is 50.2 Å². The lowest BCUT2D eigenvalue weighted by atomic mass is 9.33. The Morgan fingerprint density at radius 1 is 0.463 bits per heavy atom. The van der Waals surface area contributed by atoms with Crippen molar-refractivity contribution in [3.05, 3.63) is 60.3 Å². The molecule has 764 valence electrons. The molecule has 0 bridgehead atoms. The van der Waals surface area contributed by atoms with Crippen molar-refractivity contribution in [3.63, 3.8) is 0 Å². The van der Waals surface area contributed by atoms with Crippen LogP contribution in [0.25, 0.3) is 0 Å². The molecular formula is C93H146O41. The monoisotopic (exact) mass is 1920 g/mol. The van der Waals surface area contributed by atoms with Crippen molar-refractivity contribution in [1.29, 1.82) is 0 Å². The lowest BCUT2D eigenvalue weighted by Crippen LogP contribution is -2.67. The molecule has 20 N–H and O–H groups in total. The van der Waals surface area contributed by atoms with Gasteiger partial charge in [0.2, 0.25) is 6.29 Å². The van der Waals surface area contributed by atoms with Crippen molar-refractivity contribution < 1.29 is 202 Å². The molecule has 0 aromatic rings. The second-order valence-corrected chi connectivity index (χ2v) is 42.0. The summed E-state index contributed by atoms with van der Waals surface area (Å²) in [5.74, 6) is -2.82. The van der Waals surface area contributed by atoms with Crippen LogP contribution in [0.15, 0.2) is 60.3 Å². The number of allylic oxidation sites excluding steroid dienone is 4. The summed E-state index contributed by atoms with van der Waals surface area (Å²) in [6.07, 6.45) is -45.0. The summed E-state index contributed by atoms with van der Waals surface area (Å²) in [4.78, 5) is 43.7. The largest absolute Gasteiger partial charge is 0.459 e. The minimum Gasteiger partial charge on any atom is -0.459 e. The van der Waals surface area contributed by atoms with E-state index in [1.54, 1.807) is 19.9 Å². The molecule has 41 nitrogen and oxygen atoms in total. The van der Waals surface area contributed by atoms with Crippen LogP contribution in [-0.2, 0) is 99.6 Å². The summed E-state index contributed by atoms with van der Waals surface area (Å²) >= 11 is 0. The van der Waals surface area contributed by atoms with E-state index in [1.165, 1.54) is 39.0 Å². The number of hydrogen-bond donors (Lipinski definition) is 20. The first-order chi connectivity index (χ1) is 62.8. The van der Waals surface area contributed by atoms with E-state index >= 15 is 4.79 Å². The molecule has 8 aliphatic heterocycles. The highest BCUT2D eigenvalue weighted by Gasteiger charge is 2.71. The normalized spacial score (nSPS) is 48.0. The fourth-order valence-corrected chi connectivity index (χ4v) is 23.1. The van der Waals surface area contributed by atoms with E-state index in [1.807, 2.05) is 0 Å². The fraction of sp³-hybridized carbons (Fsp3) is 0.860. The maximum atomic E-state index is 16.0. The van der Waals surface area contributed by atoms with E-state index in [0.29, 0.717) is 51.4 Å². The summed E-state index contributed by atoms with van der Waals surface area (Å²) in [6, 6.07) is 0. The van der Waals surface area contributed by atoms with Crippen molar-refractivity contribution in [3.8, 4) is 0 Å². The van der Waals surface area contributed by atoms with Crippen LogP contribution in [0.5, 0.6) is 0 Å². The Labute approximate surface area is 778 Å². The fourth-order valence-electron chi connectivity index (χ4n) is 23.1. The smallest absolute Gasteiger partial charge is 0.333 e. The Balaban J connectivity index is 0.699. The summed E-state index contributed by atoms with van der Waals surface area (Å²) in [7, 11) is 0. The molecule has 0 aromatic heterocycles. The van der Waals surface area contributed by atoms with Gasteiger partial charge in [-0.25, -0.2) is 9.59 Å². The van der Waals surface area contributed by atoms with Gasteiger partial charge >= 0.3 is 17.9 Å². The van der Waals surface area contributed by atoms with Crippen LogP contribution in [0.3, 0.4) is 0 Å². The quantitative estimate of drug-likeness (QED) is 0.0121. The van der Waals surface area contributed by atoms with Crippen LogP contribution in [0.2, 0.25) is 0 Å². The molecule has 0 amide bonds. The number of fused-ring (bicyclic) bond motifs is 7. The molecule has 0 radical (unpaired) electrons. The molecule has 8 heterocycles. The predicted molar refractivity (Wildman–Crippen MR) is 457 cm³/mol. The first kappa shape index (κ1) is 107. The molecule has 4 saturated carbocycles. The molecular weight excluding hydrogens is 1770 g/mol. The average Bonchev–Trinajstić information content (AvgIpc) is 0.672. The molecule has 45 atom stereocenters. The molecule has 2 unspecified atom stereocenters. The Morgan fingerprint density at radius 3 is 1.60 bits per heavy atom. The second-order valence-electron chi connectivity index (χ2n) is 42.0. The zero-order chi connectivity index (χ0) is 98.1. The Morgan fingerprint density at radius 2 is 0.970 bits per heavy atom.